The van der Waals surface area contributed by atoms with Crippen molar-refractivity contribution in [3.63, 3.8) is 0 Å². The number of methoxy groups -OCH3 is 1. The molecular weight excluding hydrogens is 262 g/mol. The molecule has 0 aliphatic carbocycles. The summed E-state index contributed by atoms with van der Waals surface area (Å²) in [6.45, 7) is 2.00. The maximum Gasteiger partial charge on any atom is 0.360 e. The molecule has 0 unspecified atom stereocenters. The van der Waals surface area contributed by atoms with Crippen molar-refractivity contribution < 1.29 is 19.1 Å². The molecular formula is C13H11N3O4. The number of ether oxygens (including phenoxy) is 2. The lowest BCUT2D eigenvalue weighted by atomic mass is 10.1. The summed E-state index contributed by atoms with van der Waals surface area (Å²) in [5.41, 5.74) is 2.68. The SMILES string of the molecule is COC(=O)c1nnn(-c2ccc3c(c2)C(=O)OC3)c1C. The summed E-state index contributed by atoms with van der Waals surface area (Å²) < 4.78 is 11.1. The van der Waals surface area contributed by atoms with Crippen molar-refractivity contribution in [2.45, 2.75) is 13.5 Å². The minimum atomic E-state index is -0.547. The summed E-state index contributed by atoms with van der Waals surface area (Å²) >= 11 is 0. The number of fused-ring (bicyclic) bond motifs is 1. The van der Waals surface area contributed by atoms with Crippen LogP contribution in [0.25, 0.3) is 5.69 Å². The van der Waals surface area contributed by atoms with Gasteiger partial charge in [0.2, 0.25) is 0 Å². The third-order valence-electron chi connectivity index (χ3n) is 3.19. The van der Waals surface area contributed by atoms with Crippen LogP contribution < -0.4 is 0 Å². The minimum absolute atomic E-state index is 0.149. The Bertz CT molecular complexity index is 720. The van der Waals surface area contributed by atoms with Crippen molar-refractivity contribution in [2.75, 3.05) is 7.11 Å². The Labute approximate surface area is 114 Å². The second-order valence-electron chi connectivity index (χ2n) is 4.34. The number of aromatic nitrogens is 3. The minimum Gasteiger partial charge on any atom is -0.464 e. The predicted molar refractivity (Wildman–Crippen MR) is 66.6 cm³/mol. The Kier molecular flexibility index (Phi) is 2.74. The summed E-state index contributed by atoms with van der Waals surface area (Å²) in [4.78, 5) is 23.1. The van der Waals surface area contributed by atoms with Gasteiger partial charge < -0.3 is 9.47 Å². The van der Waals surface area contributed by atoms with Crippen molar-refractivity contribution in [1.29, 1.82) is 0 Å². The first-order valence-corrected chi connectivity index (χ1v) is 5.93. The maximum absolute atomic E-state index is 11.6. The van der Waals surface area contributed by atoms with Gasteiger partial charge in [-0.05, 0) is 19.1 Å². The van der Waals surface area contributed by atoms with Gasteiger partial charge in [0.15, 0.2) is 5.69 Å². The van der Waals surface area contributed by atoms with Gasteiger partial charge >= 0.3 is 11.9 Å². The smallest absolute Gasteiger partial charge is 0.360 e. The lowest BCUT2D eigenvalue weighted by Gasteiger charge is -2.04. The normalized spacial score (nSPS) is 13.0. The molecule has 1 aromatic carbocycles. The van der Waals surface area contributed by atoms with Crippen LogP contribution in [0.15, 0.2) is 18.2 Å². The molecule has 0 radical (unpaired) electrons. The fraction of sp³-hybridized carbons (Fsp3) is 0.231. The highest BCUT2D eigenvalue weighted by Crippen LogP contribution is 2.23. The van der Waals surface area contributed by atoms with E-state index in [0.717, 1.165) is 5.56 Å². The van der Waals surface area contributed by atoms with Gasteiger partial charge in [0.25, 0.3) is 0 Å². The summed E-state index contributed by atoms with van der Waals surface area (Å²) in [6, 6.07) is 5.27. The first-order valence-electron chi connectivity index (χ1n) is 5.93. The molecule has 7 nitrogen and oxygen atoms in total. The maximum atomic E-state index is 11.6. The summed E-state index contributed by atoms with van der Waals surface area (Å²) in [5.74, 6) is -0.901. The summed E-state index contributed by atoms with van der Waals surface area (Å²) in [7, 11) is 1.28. The van der Waals surface area contributed by atoms with Crippen LogP contribution in [0, 0.1) is 6.92 Å². The number of cyclic esters (lactones) is 1. The number of rotatable bonds is 2. The quantitative estimate of drug-likeness (QED) is 0.760. The molecule has 0 N–H and O–H groups in total. The van der Waals surface area contributed by atoms with Gasteiger partial charge in [-0.1, -0.05) is 11.3 Å². The van der Waals surface area contributed by atoms with Gasteiger partial charge in [0, 0.05) is 5.56 Å². The number of carbonyl (C=O) groups excluding carboxylic acids is 2. The van der Waals surface area contributed by atoms with E-state index >= 15 is 0 Å². The van der Waals surface area contributed by atoms with Gasteiger partial charge in [0.05, 0.1) is 24.1 Å². The van der Waals surface area contributed by atoms with Gasteiger partial charge in [0.1, 0.15) is 6.61 Å². The zero-order valence-electron chi connectivity index (χ0n) is 10.9. The number of hydrogen-bond donors (Lipinski definition) is 0. The molecule has 1 aliphatic heterocycles. The van der Waals surface area contributed by atoms with E-state index in [9.17, 15) is 9.59 Å². The van der Waals surface area contributed by atoms with Crippen molar-refractivity contribution in [1.82, 2.24) is 15.0 Å². The van der Waals surface area contributed by atoms with E-state index in [1.54, 1.807) is 25.1 Å². The van der Waals surface area contributed by atoms with E-state index < -0.39 is 5.97 Å². The van der Waals surface area contributed by atoms with Crippen molar-refractivity contribution in [3.8, 4) is 5.69 Å². The monoisotopic (exact) mass is 273 g/mol. The molecule has 2 heterocycles. The molecule has 3 rings (SSSR count). The molecule has 0 fully saturated rings. The molecule has 0 spiro atoms. The molecule has 0 bridgehead atoms. The Morgan fingerprint density at radius 3 is 3.00 bits per heavy atom. The van der Waals surface area contributed by atoms with Gasteiger partial charge in [-0.2, -0.15) is 0 Å². The largest absolute Gasteiger partial charge is 0.464 e. The third kappa shape index (κ3) is 1.75. The van der Waals surface area contributed by atoms with Gasteiger partial charge in [-0.25, -0.2) is 14.3 Å². The van der Waals surface area contributed by atoms with E-state index in [0.29, 0.717) is 16.9 Å². The average Bonchev–Trinajstić information content (AvgIpc) is 3.02. The molecule has 0 saturated carbocycles. The number of esters is 2. The van der Waals surface area contributed by atoms with Crippen molar-refractivity contribution >= 4 is 11.9 Å². The molecule has 7 heteroatoms. The number of hydrogen-bond acceptors (Lipinski definition) is 6. The molecule has 1 aromatic heterocycles. The zero-order chi connectivity index (χ0) is 14.3. The summed E-state index contributed by atoms with van der Waals surface area (Å²) in [6.07, 6.45) is 0. The summed E-state index contributed by atoms with van der Waals surface area (Å²) in [5, 5.41) is 7.72. The Balaban J connectivity index is 2.06. The fourth-order valence-electron chi connectivity index (χ4n) is 2.09. The molecule has 0 atom stereocenters. The third-order valence-corrected chi connectivity index (χ3v) is 3.19. The topological polar surface area (TPSA) is 83.3 Å². The van der Waals surface area contributed by atoms with Crippen molar-refractivity contribution in [2.24, 2.45) is 0 Å². The molecule has 102 valence electrons. The molecule has 0 saturated heterocycles. The van der Waals surface area contributed by atoms with Crippen LogP contribution in [0.1, 0.15) is 32.1 Å². The van der Waals surface area contributed by atoms with Crippen LogP contribution >= 0.6 is 0 Å². The number of nitrogens with zero attached hydrogens (tertiary/aromatic N) is 3. The molecule has 1 aliphatic rings. The highest BCUT2D eigenvalue weighted by atomic mass is 16.5. The zero-order valence-corrected chi connectivity index (χ0v) is 10.9. The fourth-order valence-corrected chi connectivity index (χ4v) is 2.09. The Morgan fingerprint density at radius 1 is 1.45 bits per heavy atom. The van der Waals surface area contributed by atoms with E-state index in [1.807, 2.05) is 0 Å². The Morgan fingerprint density at radius 2 is 2.25 bits per heavy atom. The van der Waals surface area contributed by atoms with E-state index in [-0.39, 0.29) is 18.3 Å². The van der Waals surface area contributed by atoms with Gasteiger partial charge in [-0.3, -0.25) is 0 Å². The van der Waals surface area contributed by atoms with E-state index in [1.165, 1.54) is 11.8 Å². The average molecular weight is 273 g/mol. The number of benzene rings is 1. The first kappa shape index (κ1) is 12.3. The first-order chi connectivity index (χ1) is 9.61. The van der Waals surface area contributed by atoms with Crippen molar-refractivity contribution in [3.05, 3.63) is 40.7 Å². The Hall–Kier alpha value is -2.70. The standard InChI is InChI=1S/C13H11N3O4/c1-7-11(13(18)19-2)14-15-16(7)9-4-3-8-6-20-12(17)10(8)5-9/h3-5H,6H2,1-2H3. The lowest BCUT2D eigenvalue weighted by Crippen LogP contribution is -2.06. The van der Waals surface area contributed by atoms with Gasteiger partial charge in [-0.15, -0.1) is 5.10 Å². The molecule has 2 aromatic rings. The van der Waals surface area contributed by atoms with Crippen LogP contribution in [0.5, 0.6) is 0 Å². The highest BCUT2D eigenvalue weighted by Gasteiger charge is 2.23. The van der Waals surface area contributed by atoms with Crippen LogP contribution in [0.4, 0.5) is 0 Å². The number of carbonyl (C=O) groups is 2. The predicted octanol–water partition coefficient (Wildman–Crippen LogP) is 1.03. The molecule has 0 amide bonds. The molecule has 20 heavy (non-hydrogen) atoms. The second-order valence-corrected chi connectivity index (χ2v) is 4.34. The van der Waals surface area contributed by atoms with Crippen LogP contribution in [-0.2, 0) is 16.1 Å². The lowest BCUT2D eigenvalue weighted by molar-refractivity contribution is 0.0533. The van der Waals surface area contributed by atoms with Crippen LogP contribution in [-0.4, -0.2) is 34.0 Å². The second kappa shape index (κ2) is 4.44. The van der Waals surface area contributed by atoms with E-state index in [2.05, 4.69) is 15.0 Å². The van der Waals surface area contributed by atoms with Crippen LogP contribution in [0.3, 0.4) is 0 Å². The van der Waals surface area contributed by atoms with Crippen LogP contribution in [0.2, 0.25) is 0 Å². The highest BCUT2D eigenvalue weighted by molar-refractivity contribution is 5.94. The van der Waals surface area contributed by atoms with E-state index in [4.69, 9.17) is 4.74 Å².